The summed E-state index contributed by atoms with van der Waals surface area (Å²) in [5.41, 5.74) is 2.02. The second-order valence-electron chi connectivity index (χ2n) is 5.12. The Morgan fingerprint density at radius 2 is 2.00 bits per heavy atom. The van der Waals surface area contributed by atoms with Gasteiger partial charge in [-0.15, -0.1) is 0 Å². The zero-order valence-electron chi connectivity index (χ0n) is 12.5. The third kappa shape index (κ3) is 3.56. The first kappa shape index (κ1) is 16.8. The Bertz CT molecular complexity index is 902. The van der Waals surface area contributed by atoms with Crippen molar-refractivity contribution in [2.24, 2.45) is 0 Å². The van der Waals surface area contributed by atoms with E-state index in [1.807, 2.05) is 13.0 Å². The van der Waals surface area contributed by atoms with E-state index in [1.165, 1.54) is 6.20 Å². The number of hydrogen-bond acceptors (Lipinski definition) is 3. The van der Waals surface area contributed by atoms with Crippen LogP contribution < -0.4 is 5.32 Å². The largest absolute Gasteiger partial charge is 0.304 e. The van der Waals surface area contributed by atoms with Crippen LogP contribution >= 0.6 is 34.8 Å². The number of aromatic amines is 1. The Hall–Kier alpha value is -2.02. The summed E-state index contributed by atoms with van der Waals surface area (Å²) in [6.07, 6.45) is 1.37. The second kappa shape index (κ2) is 6.84. The van der Waals surface area contributed by atoms with Crippen LogP contribution in [0.3, 0.4) is 0 Å². The van der Waals surface area contributed by atoms with E-state index in [-0.39, 0.29) is 10.7 Å². The smallest absolute Gasteiger partial charge is 0.276 e. The molecular formula is C15H12Cl3N5O. The Morgan fingerprint density at radius 1 is 1.21 bits per heavy atom. The normalized spacial score (nSPS) is 10.8. The van der Waals surface area contributed by atoms with Crippen molar-refractivity contribution in [3.05, 3.63) is 62.5 Å². The molecule has 3 aromatic rings. The van der Waals surface area contributed by atoms with Crippen molar-refractivity contribution >= 4 is 46.5 Å². The van der Waals surface area contributed by atoms with E-state index in [0.717, 1.165) is 11.3 Å². The molecule has 0 saturated carbocycles. The SMILES string of the molecule is Cc1cc(NC(=O)c2[nH]ncc2Cl)nn1Cc1ccc(Cl)c(Cl)c1. The van der Waals surface area contributed by atoms with Crippen LogP contribution in [0.15, 0.2) is 30.5 Å². The van der Waals surface area contributed by atoms with Gasteiger partial charge in [0.2, 0.25) is 0 Å². The predicted molar refractivity (Wildman–Crippen MR) is 94.1 cm³/mol. The minimum Gasteiger partial charge on any atom is -0.304 e. The minimum absolute atomic E-state index is 0.188. The Labute approximate surface area is 152 Å². The average Bonchev–Trinajstić information content (AvgIpc) is 3.09. The number of aryl methyl sites for hydroxylation is 1. The van der Waals surface area contributed by atoms with Crippen molar-refractivity contribution in [3.8, 4) is 0 Å². The van der Waals surface area contributed by atoms with Gasteiger partial charge in [-0.05, 0) is 24.6 Å². The van der Waals surface area contributed by atoms with Crippen molar-refractivity contribution < 1.29 is 4.79 Å². The van der Waals surface area contributed by atoms with Gasteiger partial charge in [0, 0.05) is 11.8 Å². The van der Waals surface area contributed by atoms with Gasteiger partial charge >= 0.3 is 0 Å². The zero-order valence-corrected chi connectivity index (χ0v) is 14.7. The van der Waals surface area contributed by atoms with Crippen LogP contribution in [0, 0.1) is 6.92 Å². The van der Waals surface area contributed by atoms with Crippen LogP contribution in [0.2, 0.25) is 15.1 Å². The molecule has 0 spiro atoms. The number of benzene rings is 1. The van der Waals surface area contributed by atoms with Crippen LogP contribution in [0.5, 0.6) is 0 Å². The van der Waals surface area contributed by atoms with Crippen molar-refractivity contribution in [1.82, 2.24) is 20.0 Å². The van der Waals surface area contributed by atoms with E-state index in [1.54, 1.807) is 22.9 Å². The molecular weight excluding hydrogens is 373 g/mol. The maximum Gasteiger partial charge on any atom is 0.276 e. The van der Waals surface area contributed by atoms with E-state index >= 15 is 0 Å². The first-order chi connectivity index (χ1) is 11.4. The molecule has 0 saturated heterocycles. The molecule has 0 unspecified atom stereocenters. The lowest BCUT2D eigenvalue weighted by molar-refractivity contribution is 0.102. The Morgan fingerprint density at radius 3 is 2.67 bits per heavy atom. The monoisotopic (exact) mass is 383 g/mol. The number of halogens is 3. The summed E-state index contributed by atoms with van der Waals surface area (Å²) in [6.45, 7) is 2.40. The van der Waals surface area contributed by atoms with Gasteiger partial charge in [0.1, 0.15) is 5.69 Å². The molecule has 124 valence electrons. The fraction of sp³-hybridized carbons (Fsp3) is 0.133. The molecule has 0 radical (unpaired) electrons. The van der Waals surface area contributed by atoms with Crippen LogP contribution in [0.4, 0.5) is 5.82 Å². The average molecular weight is 385 g/mol. The summed E-state index contributed by atoms with van der Waals surface area (Å²) in [5, 5.41) is 14.5. The zero-order chi connectivity index (χ0) is 17.3. The number of hydrogen-bond donors (Lipinski definition) is 2. The van der Waals surface area contributed by atoms with Gasteiger partial charge in [-0.2, -0.15) is 10.2 Å². The number of rotatable bonds is 4. The van der Waals surface area contributed by atoms with Crippen LogP contribution in [0.25, 0.3) is 0 Å². The first-order valence-corrected chi connectivity index (χ1v) is 8.06. The van der Waals surface area contributed by atoms with E-state index in [4.69, 9.17) is 34.8 Å². The maximum atomic E-state index is 12.1. The van der Waals surface area contributed by atoms with Crippen molar-refractivity contribution in [1.29, 1.82) is 0 Å². The summed E-state index contributed by atoms with van der Waals surface area (Å²) in [7, 11) is 0. The van der Waals surface area contributed by atoms with Crippen molar-refractivity contribution in [3.63, 3.8) is 0 Å². The molecule has 0 aliphatic heterocycles. The van der Waals surface area contributed by atoms with E-state index in [2.05, 4.69) is 20.6 Å². The molecule has 0 aliphatic carbocycles. The number of nitrogens with zero attached hydrogens (tertiary/aromatic N) is 3. The summed E-state index contributed by atoms with van der Waals surface area (Å²) >= 11 is 17.8. The fourth-order valence-electron chi connectivity index (χ4n) is 2.15. The van der Waals surface area contributed by atoms with Crippen LogP contribution in [0.1, 0.15) is 21.7 Å². The molecule has 24 heavy (non-hydrogen) atoms. The lowest BCUT2D eigenvalue weighted by Crippen LogP contribution is -2.14. The molecule has 0 bridgehead atoms. The summed E-state index contributed by atoms with van der Waals surface area (Å²) in [6, 6.07) is 7.16. The topological polar surface area (TPSA) is 75.6 Å². The first-order valence-electron chi connectivity index (χ1n) is 6.92. The molecule has 6 nitrogen and oxygen atoms in total. The molecule has 3 rings (SSSR count). The number of nitrogens with one attached hydrogen (secondary N) is 2. The summed E-state index contributed by atoms with van der Waals surface area (Å²) in [4.78, 5) is 12.1. The quantitative estimate of drug-likeness (QED) is 0.708. The number of anilines is 1. The molecule has 0 aliphatic rings. The van der Waals surface area contributed by atoms with Gasteiger partial charge in [-0.25, -0.2) is 0 Å². The van der Waals surface area contributed by atoms with Gasteiger partial charge < -0.3 is 5.32 Å². The van der Waals surface area contributed by atoms with E-state index < -0.39 is 5.91 Å². The lowest BCUT2D eigenvalue weighted by atomic mass is 10.2. The second-order valence-corrected chi connectivity index (χ2v) is 6.35. The van der Waals surface area contributed by atoms with Gasteiger partial charge in [0.25, 0.3) is 5.91 Å². The van der Waals surface area contributed by atoms with E-state index in [9.17, 15) is 4.79 Å². The van der Waals surface area contributed by atoms with Crippen LogP contribution in [-0.2, 0) is 6.54 Å². The number of aromatic nitrogens is 4. The van der Waals surface area contributed by atoms with E-state index in [0.29, 0.717) is 22.4 Å². The minimum atomic E-state index is -0.406. The molecule has 0 atom stereocenters. The highest BCUT2D eigenvalue weighted by atomic mass is 35.5. The third-order valence-corrected chi connectivity index (χ3v) is 4.38. The molecule has 1 aromatic carbocycles. The number of carbonyl (C=O) groups is 1. The Balaban J connectivity index is 1.76. The molecule has 2 N–H and O–H groups in total. The lowest BCUT2D eigenvalue weighted by Gasteiger charge is -2.06. The van der Waals surface area contributed by atoms with Crippen molar-refractivity contribution in [2.75, 3.05) is 5.32 Å². The predicted octanol–water partition coefficient (Wildman–Crippen LogP) is 4.18. The number of carbonyl (C=O) groups excluding carboxylic acids is 1. The highest BCUT2D eigenvalue weighted by Gasteiger charge is 2.15. The molecule has 0 fully saturated rings. The molecule has 9 heteroatoms. The molecule has 2 aromatic heterocycles. The Kier molecular flexibility index (Phi) is 4.80. The maximum absolute atomic E-state index is 12.1. The third-order valence-electron chi connectivity index (χ3n) is 3.36. The van der Waals surface area contributed by atoms with Gasteiger partial charge in [-0.1, -0.05) is 40.9 Å². The van der Waals surface area contributed by atoms with Gasteiger partial charge in [-0.3, -0.25) is 14.6 Å². The highest BCUT2D eigenvalue weighted by molar-refractivity contribution is 6.42. The van der Waals surface area contributed by atoms with Crippen molar-refractivity contribution in [2.45, 2.75) is 13.5 Å². The summed E-state index contributed by atoms with van der Waals surface area (Å²) in [5.74, 6) is 0.0138. The number of H-pyrrole nitrogens is 1. The van der Waals surface area contributed by atoms with Gasteiger partial charge in [0.05, 0.1) is 27.8 Å². The molecule has 1 amide bonds. The fourth-order valence-corrected chi connectivity index (χ4v) is 2.65. The highest BCUT2D eigenvalue weighted by Crippen LogP contribution is 2.23. The van der Waals surface area contributed by atoms with Crippen LogP contribution in [-0.4, -0.2) is 25.9 Å². The summed E-state index contributed by atoms with van der Waals surface area (Å²) < 4.78 is 1.75. The molecule has 2 heterocycles. The number of amides is 1. The van der Waals surface area contributed by atoms with Gasteiger partial charge in [0.15, 0.2) is 5.82 Å². The standard InChI is InChI=1S/C15H12Cl3N5O/c1-8-4-13(20-15(24)14-12(18)6-19-21-14)22-23(8)7-9-2-3-10(16)11(17)5-9/h2-6H,7H2,1H3,(H,19,21)(H,20,22,24).